The third kappa shape index (κ3) is 7.58. The molecule has 0 spiro atoms. The third-order valence-corrected chi connectivity index (χ3v) is 3.38. The monoisotopic (exact) mass is 345 g/mol. The van der Waals surface area contributed by atoms with Crippen LogP contribution >= 0.6 is 11.3 Å². The molecular weight excluding hydrogens is 322 g/mol. The smallest absolute Gasteiger partial charge is 0.501 e. The van der Waals surface area contributed by atoms with Crippen LogP contribution in [0, 0.1) is 0 Å². The van der Waals surface area contributed by atoms with Crippen molar-refractivity contribution in [3.05, 3.63) is 30.3 Å². The maximum Gasteiger partial charge on any atom is 0.771 e. The van der Waals surface area contributed by atoms with Crippen molar-refractivity contribution in [3.8, 4) is 5.06 Å². The maximum absolute atomic E-state index is 5.71. The van der Waals surface area contributed by atoms with Crippen LogP contribution in [0.2, 0.25) is 0 Å². The van der Waals surface area contributed by atoms with Gasteiger partial charge in [-0.3, -0.25) is 0 Å². The summed E-state index contributed by atoms with van der Waals surface area (Å²) in [4.78, 5) is 21.0. The van der Waals surface area contributed by atoms with E-state index in [-0.39, 0.29) is 18.9 Å². The van der Waals surface area contributed by atoms with Gasteiger partial charge in [0.2, 0.25) is 0 Å². The summed E-state index contributed by atoms with van der Waals surface area (Å²) in [7, 11) is -1.12. The molecule has 1 aromatic carbocycles. The zero-order valence-corrected chi connectivity index (χ0v) is 16.2. The van der Waals surface area contributed by atoms with E-state index in [1.165, 1.54) is 11.3 Å². The van der Waals surface area contributed by atoms with Crippen LogP contribution in [-0.4, -0.2) is 37.4 Å². The van der Waals surface area contributed by atoms with Crippen molar-refractivity contribution in [2.45, 2.75) is 52.7 Å². The Hall–Kier alpha value is -0.518. The summed E-state index contributed by atoms with van der Waals surface area (Å²) in [5.41, 5.74) is -0.986. The Bertz CT molecular complexity index is 584. The largest absolute Gasteiger partial charge is 0.771 e. The fourth-order valence-corrected chi connectivity index (χ4v) is 2.45. The van der Waals surface area contributed by atoms with E-state index in [2.05, 4.69) is 0 Å². The van der Waals surface area contributed by atoms with Crippen LogP contribution in [0.3, 0.4) is 0 Å². The van der Waals surface area contributed by atoms with E-state index < -0.39 is 18.5 Å². The van der Waals surface area contributed by atoms with Crippen LogP contribution in [0.5, 0.6) is 5.06 Å². The summed E-state index contributed by atoms with van der Waals surface area (Å²) >= 11 is 1.50. The van der Waals surface area contributed by atoms with E-state index in [0.29, 0.717) is 5.06 Å². The first kappa shape index (κ1) is 21.5. The molecular formula is C16H23BLiO5S. The summed E-state index contributed by atoms with van der Waals surface area (Å²) in [6, 6.07) is 9.94. The van der Waals surface area contributed by atoms with Crippen LogP contribution in [0.25, 0.3) is 10.1 Å². The van der Waals surface area contributed by atoms with Gasteiger partial charge in [0.1, 0.15) is 0 Å². The van der Waals surface area contributed by atoms with Gasteiger partial charge in [-0.25, -0.2) is 19.4 Å². The van der Waals surface area contributed by atoms with Crippen molar-refractivity contribution in [2.24, 2.45) is 0 Å². The van der Waals surface area contributed by atoms with Gasteiger partial charge in [-0.2, -0.15) is 0 Å². The summed E-state index contributed by atoms with van der Waals surface area (Å²) in [5, 5.41) is 1.76. The SMILES string of the molecule is CC(C)(C)OOB(OOC(C)(C)C)Oc1cc2ccccc2s1.[Li]. The van der Waals surface area contributed by atoms with Crippen LogP contribution in [0.4, 0.5) is 0 Å². The molecule has 127 valence electrons. The summed E-state index contributed by atoms with van der Waals surface area (Å²) in [6.07, 6.45) is 0. The molecule has 2 rings (SSSR count). The molecule has 0 aliphatic carbocycles. The Morgan fingerprint density at radius 2 is 1.42 bits per heavy atom. The Balaban J connectivity index is 0.00000288. The molecule has 1 heterocycles. The van der Waals surface area contributed by atoms with Gasteiger partial charge in [0.05, 0.1) is 11.2 Å². The first-order valence-electron chi connectivity index (χ1n) is 7.47. The fourth-order valence-electron chi connectivity index (χ4n) is 1.53. The van der Waals surface area contributed by atoms with Crippen molar-refractivity contribution in [1.29, 1.82) is 0 Å². The van der Waals surface area contributed by atoms with Gasteiger partial charge in [0, 0.05) is 23.6 Å². The molecule has 0 atom stereocenters. The van der Waals surface area contributed by atoms with E-state index in [1.54, 1.807) is 0 Å². The molecule has 2 aromatic rings. The number of fused-ring (bicyclic) bond motifs is 1. The van der Waals surface area contributed by atoms with E-state index in [0.717, 1.165) is 10.1 Å². The van der Waals surface area contributed by atoms with E-state index in [4.69, 9.17) is 24.0 Å². The second kappa shape index (κ2) is 8.73. The fraction of sp³-hybridized carbons (Fsp3) is 0.500. The summed E-state index contributed by atoms with van der Waals surface area (Å²) < 4.78 is 6.83. The van der Waals surface area contributed by atoms with E-state index in [1.807, 2.05) is 71.9 Å². The Labute approximate surface area is 159 Å². The molecule has 0 aliphatic heterocycles. The van der Waals surface area contributed by atoms with Gasteiger partial charge in [-0.15, -0.1) is 11.3 Å². The van der Waals surface area contributed by atoms with E-state index >= 15 is 0 Å². The standard InChI is InChI=1S/C16H23BO5S.Li/c1-15(2,3)19-21-17(22-20-16(4,5)6)18-14-11-12-9-7-8-10-13(12)23-14;/h7-11H,1-6H3;. The van der Waals surface area contributed by atoms with Gasteiger partial charge in [-0.05, 0) is 59.1 Å². The summed E-state index contributed by atoms with van der Waals surface area (Å²) in [5.74, 6) is 0. The minimum atomic E-state index is -1.12. The van der Waals surface area contributed by atoms with Crippen LogP contribution in [0.15, 0.2) is 30.3 Å². The van der Waals surface area contributed by atoms with Gasteiger partial charge >= 0.3 is 7.32 Å². The second-order valence-electron chi connectivity index (χ2n) is 7.09. The molecule has 0 saturated carbocycles. The molecule has 0 bridgehead atoms. The van der Waals surface area contributed by atoms with Crippen molar-refractivity contribution in [2.75, 3.05) is 0 Å². The van der Waals surface area contributed by atoms with Crippen molar-refractivity contribution in [3.63, 3.8) is 0 Å². The third-order valence-electron chi connectivity index (χ3n) is 2.37. The predicted molar refractivity (Wildman–Crippen MR) is 97.8 cm³/mol. The number of rotatable bonds is 6. The number of hydrogen-bond donors (Lipinski definition) is 0. The Kier molecular flexibility index (Phi) is 7.83. The molecule has 24 heavy (non-hydrogen) atoms. The molecule has 0 N–H and O–H groups in total. The molecule has 8 heteroatoms. The molecule has 0 fully saturated rings. The van der Waals surface area contributed by atoms with E-state index in [9.17, 15) is 0 Å². The average molecular weight is 345 g/mol. The average Bonchev–Trinajstić information content (AvgIpc) is 2.82. The predicted octanol–water partition coefficient (Wildman–Crippen LogP) is 4.38. The molecule has 0 amide bonds. The molecule has 0 unspecified atom stereocenters. The molecule has 1 radical (unpaired) electrons. The minimum absolute atomic E-state index is 0. The first-order chi connectivity index (χ1) is 10.6. The number of thiophene rings is 1. The number of hydrogen-bond acceptors (Lipinski definition) is 6. The van der Waals surface area contributed by atoms with Crippen molar-refractivity contribution in [1.82, 2.24) is 0 Å². The van der Waals surface area contributed by atoms with Crippen LogP contribution in [-0.2, 0) is 19.4 Å². The normalized spacial score (nSPS) is 12.1. The molecule has 0 saturated heterocycles. The van der Waals surface area contributed by atoms with Crippen molar-refractivity contribution >= 4 is 47.6 Å². The molecule has 0 aliphatic rings. The van der Waals surface area contributed by atoms with Crippen LogP contribution < -0.4 is 4.65 Å². The maximum atomic E-state index is 5.71. The molecule has 1 aromatic heterocycles. The quantitative estimate of drug-likeness (QED) is 0.442. The van der Waals surface area contributed by atoms with Gasteiger partial charge in [-0.1, -0.05) is 18.2 Å². The van der Waals surface area contributed by atoms with Gasteiger partial charge < -0.3 is 4.65 Å². The van der Waals surface area contributed by atoms with Crippen molar-refractivity contribution < 1.29 is 24.0 Å². The zero-order chi connectivity index (χ0) is 17.1. The minimum Gasteiger partial charge on any atom is -0.501 e. The topological polar surface area (TPSA) is 46.2 Å². The van der Waals surface area contributed by atoms with Gasteiger partial charge in [0.25, 0.3) is 0 Å². The Morgan fingerprint density at radius 3 is 1.92 bits per heavy atom. The first-order valence-corrected chi connectivity index (χ1v) is 8.28. The zero-order valence-electron chi connectivity index (χ0n) is 15.4. The number of benzene rings is 1. The second-order valence-corrected chi connectivity index (χ2v) is 8.14. The molecule has 5 nitrogen and oxygen atoms in total. The summed E-state index contributed by atoms with van der Waals surface area (Å²) in [6.45, 7) is 11.2. The van der Waals surface area contributed by atoms with Crippen LogP contribution in [0.1, 0.15) is 41.5 Å². The Morgan fingerprint density at radius 1 is 0.875 bits per heavy atom. The van der Waals surface area contributed by atoms with Gasteiger partial charge in [0.15, 0.2) is 5.06 Å².